The molecule has 194 valence electrons. The Labute approximate surface area is 202 Å². The molecule has 0 aliphatic rings. The van der Waals surface area contributed by atoms with E-state index in [1.54, 1.807) is 21.3 Å². The van der Waals surface area contributed by atoms with Crippen molar-refractivity contribution in [1.82, 2.24) is 0 Å². The monoisotopic (exact) mass is 510 g/mol. The highest BCUT2D eigenvalue weighted by Crippen LogP contribution is 2.27. The predicted molar refractivity (Wildman–Crippen MR) is 141 cm³/mol. The molecule has 0 N–H and O–H groups in total. The van der Waals surface area contributed by atoms with Gasteiger partial charge in [-0.15, -0.1) is 0 Å². The lowest BCUT2D eigenvalue weighted by atomic mass is 10.1. The van der Waals surface area contributed by atoms with Gasteiger partial charge in [0.25, 0.3) is 0 Å². The van der Waals surface area contributed by atoms with Gasteiger partial charge in [-0.1, -0.05) is 51.4 Å². The molecule has 0 heterocycles. The summed E-state index contributed by atoms with van der Waals surface area (Å²) in [6.07, 6.45) is 12.8. The lowest BCUT2D eigenvalue weighted by Gasteiger charge is -2.35. The summed E-state index contributed by atoms with van der Waals surface area (Å²) in [6.45, 7) is 12.8. The van der Waals surface area contributed by atoms with Crippen LogP contribution in [-0.4, -0.2) is 60.0 Å². The van der Waals surface area contributed by atoms with Crippen molar-refractivity contribution < 1.29 is 27.2 Å². The second-order valence-electron chi connectivity index (χ2n) is 9.93. The third-order valence-corrected chi connectivity index (χ3v) is 16.3. The molecule has 0 atom stereocenters. The molecule has 0 unspecified atom stereocenters. The largest absolute Gasteiger partial charge is 0.500 e. The lowest BCUT2D eigenvalue weighted by molar-refractivity contribution is -0.291. The van der Waals surface area contributed by atoms with Crippen LogP contribution >= 0.6 is 0 Å². The van der Waals surface area contributed by atoms with Crippen molar-refractivity contribution in [3.8, 4) is 0 Å². The highest BCUT2D eigenvalue weighted by atomic mass is 28.4. The zero-order chi connectivity index (χ0) is 24.3. The summed E-state index contributed by atoms with van der Waals surface area (Å²) >= 11 is 0. The van der Waals surface area contributed by atoms with Crippen LogP contribution in [0.25, 0.3) is 0 Å². The molecule has 0 aromatic heterocycles. The van der Waals surface area contributed by atoms with E-state index in [9.17, 15) is 0 Å². The highest BCUT2D eigenvalue weighted by molar-refractivity contribution is 6.84. The second-order valence-corrected chi connectivity index (χ2v) is 21.9. The maximum Gasteiger partial charge on any atom is 0.500 e. The van der Waals surface area contributed by atoms with Gasteiger partial charge in [0, 0.05) is 27.4 Å². The fraction of sp³-hybridized carbons (Fsp3) is 1.00. The standard InChI is InChI=1S/C23H54O6Si3/c1-9-27-28-20-17-15-13-11-10-12-14-16-18-21-30(5,6)29-31(7,8)22-19-23-32(24-2,25-3)26-4/h9-23H2,1-8H3. The zero-order valence-electron chi connectivity index (χ0n) is 22.6. The first kappa shape index (κ1) is 32.4. The summed E-state index contributed by atoms with van der Waals surface area (Å²) in [7, 11) is -0.675. The van der Waals surface area contributed by atoms with Crippen molar-refractivity contribution >= 4 is 25.4 Å². The van der Waals surface area contributed by atoms with E-state index in [1.165, 1.54) is 57.4 Å². The first-order chi connectivity index (χ1) is 15.2. The maximum absolute atomic E-state index is 6.80. The average molecular weight is 511 g/mol. The van der Waals surface area contributed by atoms with Gasteiger partial charge >= 0.3 is 8.80 Å². The van der Waals surface area contributed by atoms with Gasteiger partial charge in [-0.3, -0.25) is 0 Å². The number of hydrogen-bond acceptors (Lipinski definition) is 6. The second kappa shape index (κ2) is 18.7. The van der Waals surface area contributed by atoms with Gasteiger partial charge in [0.2, 0.25) is 0 Å². The Morgan fingerprint density at radius 2 is 0.938 bits per heavy atom. The van der Waals surface area contributed by atoms with Crippen molar-refractivity contribution in [2.45, 2.75) is 115 Å². The first-order valence-corrected chi connectivity index (χ1v) is 20.9. The van der Waals surface area contributed by atoms with Crippen LogP contribution in [0.4, 0.5) is 0 Å². The molecule has 6 nitrogen and oxygen atoms in total. The Kier molecular flexibility index (Phi) is 18.9. The van der Waals surface area contributed by atoms with Crippen molar-refractivity contribution in [2.75, 3.05) is 34.5 Å². The summed E-state index contributed by atoms with van der Waals surface area (Å²) in [5.74, 6) is 0. The minimum atomic E-state index is -2.46. The summed E-state index contributed by atoms with van der Waals surface area (Å²) in [5.41, 5.74) is 0. The third-order valence-electron chi connectivity index (χ3n) is 5.96. The van der Waals surface area contributed by atoms with E-state index in [2.05, 4.69) is 26.2 Å². The molecule has 0 spiro atoms. The molecule has 0 fully saturated rings. The van der Waals surface area contributed by atoms with Crippen molar-refractivity contribution in [2.24, 2.45) is 0 Å². The van der Waals surface area contributed by atoms with E-state index in [-0.39, 0.29) is 0 Å². The minimum Gasteiger partial charge on any atom is -0.455 e. The Morgan fingerprint density at radius 3 is 1.41 bits per heavy atom. The van der Waals surface area contributed by atoms with Gasteiger partial charge in [0.05, 0.1) is 13.2 Å². The molecule has 0 radical (unpaired) electrons. The minimum absolute atomic E-state index is 0.631. The zero-order valence-corrected chi connectivity index (χ0v) is 25.6. The van der Waals surface area contributed by atoms with Crippen LogP contribution in [-0.2, 0) is 27.2 Å². The van der Waals surface area contributed by atoms with Crippen LogP contribution in [0.15, 0.2) is 0 Å². The predicted octanol–water partition coefficient (Wildman–Crippen LogP) is 7.16. The maximum atomic E-state index is 6.80. The molecule has 0 amide bonds. The Morgan fingerprint density at radius 1 is 0.500 bits per heavy atom. The van der Waals surface area contributed by atoms with Crippen LogP contribution < -0.4 is 0 Å². The number of hydrogen-bond donors (Lipinski definition) is 0. The van der Waals surface area contributed by atoms with Crippen LogP contribution in [0.5, 0.6) is 0 Å². The van der Waals surface area contributed by atoms with Crippen molar-refractivity contribution in [1.29, 1.82) is 0 Å². The Balaban J connectivity index is 3.86. The van der Waals surface area contributed by atoms with Gasteiger partial charge in [-0.2, -0.15) is 0 Å². The topological polar surface area (TPSA) is 55.4 Å². The van der Waals surface area contributed by atoms with Gasteiger partial charge in [-0.25, -0.2) is 9.78 Å². The molecule has 9 heteroatoms. The third kappa shape index (κ3) is 16.9. The molecular formula is C23H54O6Si3. The SMILES string of the molecule is CCOOCCCCCCCCCCC[Si](C)(C)O[Si](C)(C)CCC[Si](OC)(OC)OC. The molecular weight excluding hydrogens is 457 g/mol. The molecule has 0 saturated heterocycles. The quantitative estimate of drug-likeness (QED) is 0.0629. The van der Waals surface area contributed by atoms with E-state index >= 15 is 0 Å². The smallest absolute Gasteiger partial charge is 0.455 e. The van der Waals surface area contributed by atoms with Gasteiger partial charge in [0.1, 0.15) is 0 Å². The lowest BCUT2D eigenvalue weighted by Crippen LogP contribution is -2.45. The molecule has 32 heavy (non-hydrogen) atoms. The molecule has 0 aliphatic carbocycles. The molecule has 0 aromatic rings. The van der Waals surface area contributed by atoms with Crippen molar-refractivity contribution in [3.05, 3.63) is 0 Å². The van der Waals surface area contributed by atoms with Crippen LogP contribution in [0.3, 0.4) is 0 Å². The fourth-order valence-electron chi connectivity index (χ4n) is 4.23. The molecule has 0 aromatic carbocycles. The van der Waals surface area contributed by atoms with Crippen LogP contribution in [0.1, 0.15) is 71.1 Å². The Bertz CT molecular complexity index is 426. The molecule has 0 bridgehead atoms. The summed E-state index contributed by atoms with van der Waals surface area (Å²) in [5, 5.41) is 0. The van der Waals surface area contributed by atoms with Gasteiger partial charge in [-0.05, 0) is 58.0 Å². The average Bonchev–Trinajstić information content (AvgIpc) is 2.74. The Hall–Kier alpha value is 0.411. The summed E-state index contributed by atoms with van der Waals surface area (Å²) < 4.78 is 23.5. The van der Waals surface area contributed by atoms with E-state index in [4.69, 9.17) is 27.2 Å². The summed E-state index contributed by atoms with van der Waals surface area (Å²) in [4.78, 5) is 9.93. The van der Waals surface area contributed by atoms with Crippen LogP contribution in [0, 0.1) is 0 Å². The normalized spacial score (nSPS) is 13.1. The van der Waals surface area contributed by atoms with Crippen molar-refractivity contribution in [3.63, 3.8) is 0 Å². The number of rotatable bonds is 23. The fourth-order valence-corrected chi connectivity index (χ4v) is 15.2. The molecule has 0 rings (SSSR count). The number of unbranched alkanes of at least 4 members (excludes halogenated alkanes) is 8. The van der Waals surface area contributed by atoms with Gasteiger partial charge in [0.15, 0.2) is 16.6 Å². The van der Waals surface area contributed by atoms with E-state index < -0.39 is 25.4 Å². The summed E-state index contributed by atoms with van der Waals surface area (Å²) in [6, 6.07) is 3.27. The van der Waals surface area contributed by atoms with Crippen LogP contribution in [0.2, 0.25) is 44.3 Å². The van der Waals surface area contributed by atoms with E-state index in [1.807, 2.05) is 6.92 Å². The molecule has 0 saturated carbocycles. The van der Waals surface area contributed by atoms with E-state index in [0.717, 1.165) is 31.5 Å². The van der Waals surface area contributed by atoms with Gasteiger partial charge < -0.3 is 17.4 Å². The first-order valence-electron chi connectivity index (χ1n) is 12.8. The molecule has 0 aliphatic heterocycles. The highest BCUT2D eigenvalue weighted by Gasteiger charge is 2.39. The van der Waals surface area contributed by atoms with E-state index in [0.29, 0.717) is 6.61 Å².